The minimum atomic E-state index is -4.59. The molecule has 4 unspecified atom stereocenters. The van der Waals surface area contributed by atoms with Gasteiger partial charge >= 0.3 is 12.1 Å². The van der Waals surface area contributed by atoms with Crippen LogP contribution in [0.3, 0.4) is 0 Å². The monoisotopic (exact) mass is 873 g/mol. The second kappa shape index (κ2) is 15.2. The molecule has 8 rings (SSSR count). The molecule has 1 aliphatic heterocycles. The number of carboxylic acid groups (broad SMARTS) is 1. The van der Waals surface area contributed by atoms with Crippen LogP contribution in [0.1, 0.15) is 124 Å². The number of aliphatic carboxylic acids is 1. The number of carbonyl (C=O) groups is 1. The number of hydrogen-bond donors (Lipinski definition) is 2. The van der Waals surface area contributed by atoms with E-state index in [1.54, 1.807) is 0 Å². The Labute approximate surface area is 362 Å². The van der Waals surface area contributed by atoms with Crippen LogP contribution in [-0.4, -0.2) is 84.0 Å². The van der Waals surface area contributed by atoms with Gasteiger partial charge in [0, 0.05) is 44.8 Å². The zero-order valence-corrected chi connectivity index (χ0v) is 38.5. The molecule has 7 aliphatic rings. The number of aryl methyl sites for hydroxylation is 1. The van der Waals surface area contributed by atoms with Gasteiger partial charge in [-0.1, -0.05) is 58.9 Å². The van der Waals surface area contributed by atoms with Crippen molar-refractivity contribution >= 4 is 15.8 Å². The number of fused-ring (bicyclic) bond motifs is 7. The number of aromatic nitrogens is 2. The first kappa shape index (κ1) is 44.9. The molecule has 0 amide bonds. The van der Waals surface area contributed by atoms with E-state index in [-0.39, 0.29) is 57.6 Å². The van der Waals surface area contributed by atoms with Gasteiger partial charge in [0.25, 0.3) is 0 Å². The lowest BCUT2D eigenvalue weighted by Crippen LogP contribution is -2.68. The predicted molar refractivity (Wildman–Crippen MR) is 232 cm³/mol. The average molecular weight is 873 g/mol. The number of nitrogens with one attached hydrogen (secondary N) is 1. The summed E-state index contributed by atoms with van der Waals surface area (Å²) in [4.78, 5) is 15.1. The van der Waals surface area contributed by atoms with Gasteiger partial charge in [0.1, 0.15) is 17.7 Å². The van der Waals surface area contributed by atoms with Crippen LogP contribution >= 0.6 is 0 Å². The van der Waals surface area contributed by atoms with Crippen molar-refractivity contribution in [1.29, 1.82) is 0 Å². The summed E-state index contributed by atoms with van der Waals surface area (Å²) in [5.74, 6) is 2.03. The van der Waals surface area contributed by atoms with Crippen LogP contribution in [0.25, 0.3) is 0 Å². The summed E-state index contributed by atoms with van der Waals surface area (Å²) < 4.78 is 70.8. The van der Waals surface area contributed by atoms with Crippen LogP contribution in [0.2, 0.25) is 0 Å². The Balaban J connectivity index is 0.996. The lowest BCUT2D eigenvalue weighted by molar-refractivity contribution is -0.221. The number of alkyl halides is 3. The number of carboxylic acids is 1. The van der Waals surface area contributed by atoms with Crippen LogP contribution in [0.15, 0.2) is 41.5 Å². The van der Waals surface area contributed by atoms with E-state index in [2.05, 4.69) is 75.6 Å². The first-order chi connectivity index (χ1) is 28.4. The fourth-order valence-corrected chi connectivity index (χ4v) is 16.8. The molecular weight excluding hydrogens is 802 g/mol. The highest BCUT2D eigenvalue weighted by molar-refractivity contribution is 7.91. The number of allylic oxidation sites excluding steroid dienone is 5. The molecule has 1 saturated heterocycles. The number of sulfone groups is 1. The highest BCUT2D eigenvalue weighted by atomic mass is 32.2. The summed E-state index contributed by atoms with van der Waals surface area (Å²) in [5, 5.41) is 18.5. The second-order valence-electron chi connectivity index (χ2n) is 22.1. The lowest BCUT2D eigenvalue weighted by Gasteiger charge is -2.72. The van der Waals surface area contributed by atoms with Gasteiger partial charge in [-0.3, -0.25) is 9.48 Å². The Hall–Kier alpha value is -2.64. The Morgan fingerprint density at radius 1 is 0.967 bits per heavy atom. The molecule has 2 N–H and O–H groups in total. The molecule has 0 aromatic carbocycles. The van der Waals surface area contributed by atoms with Gasteiger partial charge in [0.2, 0.25) is 5.88 Å². The summed E-state index contributed by atoms with van der Waals surface area (Å²) in [5.41, 5.74) is 2.18. The van der Waals surface area contributed by atoms with E-state index >= 15 is 0 Å². The third kappa shape index (κ3) is 7.28. The number of rotatable bonds is 10. The van der Waals surface area contributed by atoms with Crippen molar-refractivity contribution in [3.05, 3.63) is 47.2 Å². The van der Waals surface area contributed by atoms with Gasteiger partial charge in [0.05, 0.1) is 11.5 Å². The molecule has 5 fully saturated rings. The Bertz CT molecular complexity index is 2080. The van der Waals surface area contributed by atoms with Crippen LogP contribution in [-0.2, 0) is 27.9 Å². The summed E-state index contributed by atoms with van der Waals surface area (Å²) in [7, 11) is -1.70. The minimum Gasteiger partial charge on any atom is -0.481 e. The van der Waals surface area contributed by atoms with Gasteiger partial charge < -0.3 is 20.1 Å². The number of hydrogen-bond acceptors (Lipinski definition) is 7. The number of halogens is 3. The fourth-order valence-electron chi connectivity index (χ4n) is 15.6. The molecule has 1 aromatic heterocycles. The van der Waals surface area contributed by atoms with Gasteiger partial charge in [0.15, 0.2) is 9.84 Å². The van der Waals surface area contributed by atoms with Crippen LogP contribution in [0.4, 0.5) is 13.2 Å². The molecule has 13 heteroatoms. The molecule has 0 bridgehead atoms. The highest BCUT2D eigenvalue weighted by Crippen LogP contribution is 2.76. The highest BCUT2D eigenvalue weighted by Gasteiger charge is 2.70. The van der Waals surface area contributed by atoms with Crippen molar-refractivity contribution in [2.75, 3.05) is 44.3 Å². The van der Waals surface area contributed by atoms with E-state index in [9.17, 15) is 31.5 Å². The molecule has 1 aromatic rings. The number of ether oxygens (including phenoxy) is 1. The van der Waals surface area contributed by atoms with E-state index in [4.69, 9.17) is 4.74 Å². The van der Waals surface area contributed by atoms with Crippen LogP contribution < -0.4 is 10.1 Å². The lowest BCUT2D eigenvalue weighted by atomic mass is 9.33. The average Bonchev–Trinajstić information content (AvgIpc) is 3.76. The number of nitrogens with zero attached hydrogens (tertiary/aromatic N) is 3. The zero-order chi connectivity index (χ0) is 44.2. The molecule has 2 heterocycles. The first-order valence-corrected chi connectivity index (χ1v) is 24.9. The van der Waals surface area contributed by atoms with Crippen molar-refractivity contribution in [2.24, 2.45) is 63.7 Å². The molecule has 10 atom stereocenters. The quantitative estimate of drug-likeness (QED) is 0.224. The standard InChI is InChI=1S/C48H71F3N4O5S/c1-31(2)33-13-20-47(52-23-24-55-25-27-61(58,59)28-26-55)22-21-44(6)35(40(33)47)9-10-37-43(5)16-14-34(42(3,4)36(43)15-17-45(37,44)7)32-11-18-46(19-12-32,41(56)57)30-60-39-29-38(48(49,50)51)54(8)53-39/h11,14,29,33,35-37,40,52H,1,9-10,12-13,15-28,30H2,2-8H3,(H,56,57)/t33-,35+,36?,37?,40?,43-,44+,45+,46?,47-/m0/s1. The summed E-state index contributed by atoms with van der Waals surface area (Å²) >= 11 is 0. The molecule has 0 radical (unpaired) electrons. The van der Waals surface area contributed by atoms with E-state index in [0.29, 0.717) is 55.5 Å². The molecule has 4 saturated carbocycles. The van der Waals surface area contributed by atoms with Crippen molar-refractivity contribution in [1.82, 2.24) is 20.0 Å². The van der Waals surface area contributed by atoms with E-state index in [0.717, 1.165) is 36.7 Å². The normalized spacial score (nSPS) is 40.7. The SMILES string of the molecule is C=C(C)[C@@H]1CC[C@]2(NCCN3CCS(=O)(=O)CC3)CC[C@]3(C)[C@H](CCC4[C@@]5(C)CC=C(C6=CCC(COc7cc(C(F)(F)F)n(C)n7)(C(=O)O)CC6)C(C)(C)C5CC[C@]43C)C12. The van der Waals surface area contributed by atoms with Gasteiger partial charge in [-0.25, -0.2) is 8.42 Å². The predicted octanol–water partition coefficient (Wildman–Crippen LogP) is 9.27. The zero-order valence-electron chi connectivity index (χ0n) is 37.7. The first-order valence-electron chi connectivity index (χ1n) is 23.1. The maximum atomic E-state index is 13.4. The maximum absolute atomic E-state index is 13.4. The Morgan fingerprint density at radius 2 is 1.69 bits per heavy atom. The van der Waals surface area contributed by atoms with Crippen molar-refractivity contribution < 1.29 is 36.2 Å². The largest absolute Gasteiger partial charge is 0.481 e. The second-order valence-corrected chi connectivity index (χ2v) is 24.4. The summed E-state index contributed by atoms with van der Waals surface area (Å²) in [6.07, 6.45) is 11.7. The molecule has 6 aliphatic carbocycles. The van der Waals surface area contributed by atoms with Gasteiger partial charge in [-0.15, -0.1) is 5.10 Å². The van der Waals surface area contributed by atoms with Crippen molar-refractivity contribution in [3.8, 4) is 5.88 Å². The third-order valence-corrected chi connectivity index (χ3v) is 20.7. The minimum absolute atomic E-state index is 0.0948. The molecule has 9 nitrogen and oxygen atoms in total. The molecular formula is C48H71F3N4O5S. The summed E-state index contributed by atoms with van der Waals surface area (Å²) in [6, 6.07) is 0.832. The van der Waals surface area contributed by atoms with E-state index < -0.39 is 33.1 Å². The van der Waals surface area contributed by atoms with Gasteiger partial charge in [-0.05, 0) is 146 Å². The van der Waals surface area contributed by atoms with E-state index in [1.807, 2.05) is 0 Å². The maximum Gasteiger partial charge on any atom is 0.433 e. The molecule has 0 spiro atoms. The summed E-state index contributed by atoms with van der Waals surface area (Å²) in [6.45, 7) is 22.4. The van der Waals surface area contributed by atoms with Gasteiger partial charge in [-0.2, -0.15) is 13.2 Å². The molecule has 61 heavy (non-hydrogen) atoms. The molecule has 340 valence electrons. The fraction of sp³-hybridized carbons (Fsp3) is 0.792. The Morgan fingerprint density at radius 3 is 2.31 bits per heavy atom. The van der Waals surface area contributed by atoms with Crippen molar-refractivity contribution in [2.45, 2.75) is 130 Å². The van der Waals surface area contributed by atoms with E-state index in [1.165, 1.54) is 68.7 Å². The van der Waals surface area contributed by atoms with Crippen LogP contribution in [0, 0.1) is 56.7 Å². The smallest absolute Gasteiger partial charge is 0.433 e. The van der Waals surface area contributed by atoms with Crippen LogP contribution in [0.5, 0.6) is 5.88 Å². The topological polar surface area (TPSA) is 114 Å². The third-order valence-electron chi connectivity index (χ3n) is 19.0. The Kier molecular flexibility index (Phi) is 11.2. The van der Waals surface area contributed by atoms with Crippen molar-refractivity contribution in [3.63, 3.8) is 0 Å².